The molecule has 4 heteroatoms. The van der Waals surface area contributed by atoms with Gasteiger partial charge in [0.1, 0.15) is 5.82 Å². The van der Waals surface area contributed by atoms with E-state index in [9.17, 15) is 0 Å². The number of thioether (sulfide) groups is 1. The molecule has 0 spiro atoms. The van der Waals surface area contributed by atoms with Crippen LogP contribution in [0.2, 0.25) is 0 Å². The van der Waals surface area contributed by atoms with Crippen molar-refractivity contribution in [3.05, 3.63) is 41.1 Å². The predicted molar refractivity (Wildman–Crippen MR) is 86.9 cm³/mol. The summed E-state index contributed by atoms with van der Waals surface area (Å²) in [6.07, 6.45) is 5.77. The maximum Gasteiger partial charge on any atom is 0.133 e. The maximum atomic E-state index is 4.86. The number of hydrogen-bond acceptors (Lipinski definition) is 3. The predicted octanol–water partition coefficient (Wildman–Crippen LogP) is 3.79. The molecule has 0 unspecified atom stereocenters. The van der Waals surface area contributed by atoms with E-state index in [0.717, 1.165) is 24.4 Å². The van der Waals surface area contributed by atoms with Crippen molar-refractivity contribution < 1.29 is 0 Å². The average molecular weight is 287 g/mol. The van der Waals surface area contributed by atoms with E-state index in [4.69, 9.17) is 5.10 Å². The van der Waals surface area contributed by atoms with Gasteiger partial charge in [-0.1, -0.05) is 17.7 Å². The molecule has 106 valence electrons. The highest BCUT2D eigenvalue weighted by Crippen LogP contribution is 2.29. The van der Waals surface area contributed by atoms with Crippen LogP contribution in [0.15, 0.2) is 24.3 Å². The van der Waals surface area contributed by atoms with Crippen LogP contribution in [0.1, 0.15) is 29.7 Å². The van der Waals surface area contributed by atoms with Crippen molar-refractivity contribution >= 4 is 17.6 Å². The number of hydrogen-bond donors (Lipinski definition) is 1. The molecular formula is C16H21N3S. The smallest absolute Gasteiger partial charge is 0.133 e. The Morgan fingerprint density at radius 1 is 1.25 bits per heavy atom. The minimum Gasteiger partial charge on any atom is -0.370 e. The lowest BCUT2D eigenvalue weighted by Gasteiger charge is -2.09. The number of rotatable bonds is 3. The van der Waals surface area contributed by atoms with E-state index in [0.29, 0.717) is 0 Å². The monoisotopic (exact) mass is 287 g/mol. The van der Waals surface area contributed by atoms with Crippen LogP contribution in [-0.4, -0.2) is 22.6 Å². The van der Waals surface area contributed by atoms with E-state index < -0.39 is 0 Å². The normalized spacial score (nSPS) is 14.5. The van der Waals surface area contributed by atoms with E-state index in [-0.39, 0.29) is 0 Å². The Balaban J connectivity index is 2.07. The van der Waals surface area contributed by atoms with E-state index in [2.05, 4.69) is 47.4 Å². The SMILES string of the molecule is CSCc1nn(-c2ccc(C)cc2)c2c1CCCCN2. The van der Waals surface area contributed by atoms with Gasteiger partial charge in [-0.25, -0.2) is 4.68 Å². The first-order chi connectivity index (χ1) is 9.79. The molecule has 2 heterocycles. The minimum absolute atomic E-state index is 0.989. The average Bonchev–Trinajstić information content (AvgIpc) is 2.64. The summed E-state index contributed by atoms with van der Waals surface area (Å²) in [6, 6.07) is 8.60. The first kappa shape index (κ1) is 13.6. The van der Waals surface area contributed by atoms with Crippen molar-refractivity contribution in [3.63, 3.8) is 0 Å². The molecule has 0 atom stereocenters. The van der Waals surface area contributed by atoms with Crippen molar-refractivity contribution in [3.8, 4) is 5.69 Å². The van der Waals surface area contributed by atoms with Crippen LogP contribution in [-0.2, 0) is 12.2 Å². The molecule has 3 rings (SSSR count). The Morgan fingerprint density at radius 2 is 2.05 bits per heavy atom. The van der Waals surface area contributed by atoms with E-state index in [1.165, 1.54) is 35.5 Å². The summed E-state index contributed by atoms with van der Waals surface area (Å²) < 4.78 is 2.09. The molecule has 1 N–H and O–H groups in total. The van der Waals surface area contributed by atoms with E-state index in [1.807, 2.05) is 11.8 Å². The fourth-order valence-electron chi connectivity index (χ4n) is 2.70. The molecule has 0 radical (unpaired) electrons. The Hall–Kier alpha value is -1.42. The Morgan fingerprint density at radius 3 is 2.80 bits per heavy atom. The van der Waals surface area contributed by atoms with Crippen molar-refractivity contribution in [1.29, 1.82) is 0 Å². The highest BCUT2D eigenvalue weighted by atomic mass is 32.2. The van der Waals surface area contributed by atoms with Gasteiger partial charge in [0.05, 0.1) is 11.4 Å². The second-order valence-corrected chi connectivity index (χ2v) is 6.20. The number of anilines is 1. The van der Waals surface area contributed by atoms with Gasteiger partial charge >= 0.3 is 0 Å². The van der Waals surface area contributed by atoms with E-state index in [1.54, 1.807) is 0 Å². The molecule has 1 aromatic carbocycles. The molecule has 20 heavy (non-hydrogen) atoms. The van der Waals surface area contributed by atoms with Gasteiger partial charge < -0.3 is 5.32 Å². The molecule has 0 bridgehead atoms. The van der Waals surface area contributed by atoms with Crippen LogP contribution >= 0.6 is 11.8 Å². The van der Waals surface area contributed by atoms with Crippen LogP contribution in [0, 0.1) is 6.92 Å². The summed E-state index contributed by atoms with van der Waals surface area (Å²) in [7, 11) is 0. The lowest BCUT2D eigenvalue weighted by molar-refractivity contribution is 0.771. The first-order valence-corrected chi connectivity index (χ1v) is 8.59. The summed E-state index contributed by atoms with van der Waals surface area (Å²) in [5.74, 6) is 2.19. The second-order valence-electron chi connectivity index (χ2n) is 5.34. The second kappa shape index (κ2) is 5.92. The lowest BCUT2D eigenvalue weighted by Crippen LogP contribution is -2.07. The lowest BCUT2D eigenvalue weighted by atomic mass is 10.1. The zero-order valence-electron chi connectivity index (χ0n) is 12.1. The maximum absolute atomic E-state index is 4.86. The van der Waals surface area contributed by atoms with Gasteiger partial charge in [-0.2, -0.15) is 16.9 Å². The number of benzene rings is 1. The molecule has 1 aliphatic rings. The molecule has 0 saturated carbocycles. The highest BCUT2D eigenvalue weighted by molar-refractivity contribution is 7.97. The summed E-state index contributed by atoms with van der Waals surface area (Å²) >= 11 is 1.84. The molecule has 3 nitrogen and oxygen atoms in total. The minimum atomic E-state index is 0.989. The molecule has 2 aromatic rings. The summed E-state index contributed by atoms with van der Waals surface area (Å²) in [6.45, 7) is 3.16. The highest BCUT2D eigenvalue weighted by Gasteiger charge is 2.19. The van der Waals surface area contributed by atoms with Gasteiger partial charge in [-0.05, 0) is 44.6 Å². The fraction of sp³-hybridized carbons (Fsp3) is 0.438. The Bertz CT molecular complexity index is 587. The number of nitrogens with zero attached hydrogens (tertiary/aromatic N) is 2. The van der Waals surface area contributed by atoms with Crippen LogP contribution in [0.4, 0.5) is 5.82 Å². The van der Waals surface area contributed by atoms with Gasteiger partial charge in [0.25, 0.3) is 0 Å². The van der Waals surface area contributed by atoms with Crippen LogP contribution < -0.4 is 5.32 Å². The summed E-state index contributed by atoms with van der Waals surface area (Å²) in [5, 5.41) is 8.43. The Labute approximate surface area is 124 Å². The third kappa shape index (κ3) is 2.57. The van der Waals surface area contributed by atoms with Gasteiger partial charge in [0.2, 0.25) is 0 Å². The first-order valence-electron chi connectivity index (χ1n) is 7.20. The molecule has 0 saturated heterocycles. The van der Waals surface area contributed by atoms with Crippen molar-refractivity contribution in [2.24, 2.45) is 0 Å². The van der Waals surface area contributed by atoms with Crippen LogP contribution in [0.5, 0.6) is 0 Å². The van der Waals surface area contributed by atoms with Gasteiger partial charge in [-0.3, -0.25) is 0 Å². The number of fused-ring (bicyclic) bond motifs is 1. The third-order valence-electron chi connectivity index (χ3n) is 3.77. The fourth-order valence-corrected chi connectivity index (χ4v) is 3.20. The molecule has 1 aromatic heterocycles. The van der Waals surface area contributed by atoms with Crippen LogP contribution in [0.25, 0.3) is 5.69 Å². The topological polar surface area (TPSA) is 29.9 Å². The van der Waals surface area contributed by atoms with Crippen LogP contribution in [0.3, 0.4) is 0 Å². The standard InChI is InChI=1S/C16H21N3S/c1-12-6-8-13(9-7-12)19-16-14(5-3-4-10-17-16)15(18-19)11-20-2/h6-9,17H,3-5,10-11H2,1-2H3. The molecule has 0 fully saturated rings. The van der Waals surface area contributed by atoms with Crippen molar-refractivity contribution in [2.45, 2.75) is 31.9 Å². The Kier molecular flexibility index (Phi) is 4.01. The third-order valence-corrected chi connectivity index (χ3v) is 4.33. The quantitative estimate of drug-likeness (QED) is 0.931. The number of nitrogens with one attached hydrogen (secondary N) is 1. The van der Waals surface area contributed by atoms with Crippen molar-refractivity contribution in [1.82, 2.24) is 9.78 Å². The van der Waals surface area contributed by atoms with Crippen molar-refractivity contribution in [2.75, 3.05) is 18.1 Å². The summed E-state index contributed by atoms with van der Waals surface area (Å²) in [5.41, 5.74) is 5.08. The molecule has 1 aliphatic heterocycles. The van der Waals surface area contributed by atoms with Gasteiger partial charge in [0, 0.05) is 17.9 Å². The molecular weight excluding hydrogens is 266 g/mol. The number of aryl methyl sites for hydroxylation is 1. The largest absolute Gasteiger partial charge is 0.370 e. The van der Waals surface area contributed by atoms with Gasteiger partial charge in [-0.15, -0.1) is 0 Å². The summed E-state index contributed by atoms with van der Waals surface area (Å²) in [4.78, 5) is 0. The zero-order chi connectivity index (χ0) is 13.9. The zero-order valence-corrected chi connectivity index (χ0v) is 13.0. The molecule has 0 amide bonds. The number of aromatic nitrogens is 2. The molecule has 0 aliphatic carbocycles. The van der Waals surface area contributed by atoms with E-state index >= 15 is 0 Å². The van der Waals surface area contributed by atoms with Gasteiger partial charge in [0.15, 0.2) is 0 Å².